The van der Waals surface area contributed by atoms with Gasteiger partial charge in [-0.1, -0.05) is 22.9 Å². The minimum atomic E-state index is -0.266. The molecule has 0 amide bonds. The fourth-order valence-electron chi connectivity index (χ4n) is 5.60. The topological polar surface area (TPSA) is 114 Å². The van der Waals surface area contributed by atoms with E-state index in [0.717, 1.165) is 57.4 Å². The van der Waals surface area contributed by atoms with E-state index in [1.165, 1.54) is 6.20 Å². The third-order valence-electron chi connectivity index (χ3n) is 7.33. The van der Waals surface area contributed by atoms with Gasteiger partial charge in [0.1, 0.15) is 16.3 Å². The predicted octanol–water partition coefficient (Wildman–Crippen LogP) is 3.12. The summed E-state index contributed by atoms with van der Waals surface area (Å²) >= 11 is 7.81. The standard InChI is InChI=1S/C22H19ClFN9S/c1-32-6-11-14(31-32)3-2-10(17(11)23)18-19-20(30-29-18)28-16(5-26-19)33-7-12-13(8-33)22(12,9-25)21-27-4-15(24)34-21/h2-6,12-13H,7-9,25H2,1H3,(H,28,29,30)/t12-,13+,22?. The summed E-state index contributed by atoms with van der Waals surface area (Å²) in [5.41, 5.74) is 9.46. The molecule has 3 atom stereocenters. The van der Waals surface area contributed by atoms with Crippen molar-refractivity contribution >= 4 is 50.8 Å². The molecule has 2 aliphatic rings. The number of rotatable bonds is 4. The van der Waals surface area contributed by atoms with Crippen molar-refractivity contribution in [3.63, 3.8) is 0 Å². The van der Waals surface area contributed by atoms with E-state index in [4.69, 9.17) is 22.3 Å². The summed E-state index contributed by atoms with van der Waals surface area (Å²) in [6.07, 6.45) is 4.95. The number of nitrogens with two attached hydrogens (primary N) is 1. The Kier molecular flexibility index (Phi) is 4.13. The number of fused-ring (bicyclic) bond motifs is 3. The van der Waals surface area contributed by atoms with E-state index in [1.54, 1.807) is 10.9 Å². The molecule has 0 bridgehead atoms. The molecule has 172 valence electrons. The summed E-state index contributed by atoms with van der Waals surface area (Å²) in [5, 5.41) is 13.9. The minimum absolute atomic E-state index is 0.218. The van der Waals surface area contributed by atoms with Crippen LogP contribution in [0.4, 0.5) is 10.2 Å². The van der Waals surface area contributed by atoms with Crippen molar-refractivity contribution in [2.45, 2.75) is 5.41 Å². The molecule has 34 heavy (non-hydrogen) atoms. The van der Waals surface area contributed by atoms with E-state index in [0.29, 0.717) is 34.6 Å². The van der Waals surface area contributed by atoms with Crippen molar-refractivity contribution in [1.29, 1.82) is 0 Å². The van der Waals surface area contributed by atoms with Crippen LogP contribution >= 0.6 is 22.9 Å². The number of aryl methyl sites for hydroxylation is 1. The highest BCUT2D eigenvalue weighted by atomic mass is 35.5. The van der Waals surface area contributed by atoms with Crippen LogP contribution in [0.5, 0.6) is 0 Å². The molecule has 0 spiro atoms. The molecule has 5 aromatic rings. The molecule has 3 N–H and O–H groups in total. The van der Waals surface area contributed by atoms with E-state index in [1.807, 2.05) is 25.4 Å². The van der Waals surface area contributed by atoms with Gasteiger partial charge in [-0.15, -0.1) is 0 Å². The molecule has 1 aromatic carbocycles. The molecule has 12 heteroatoms. The Morgan fingerprint density at radius 3 is 2.82 bits per heavy atom. The smallest absolute Gasteiger partial charge is 0.202 e. The van der Waals surface area contributed by atoms with E-state index in [2.05, 4.69) is 30.2 Å². The second-order valence-electron chi connectivity index (χ2n) is 8.99. The van der Waals surface area contributed by atoms with Crippen LogP contribution in [0.2, 0.25) is 5.02 Å². The number of hydrogen-bond donors (Lipinski definition) is 2. The SMILES string of the molecule is Cn1cc2c(Cl)c(-c3[nH]nc4nc(N5C[C@@H]6[C@H](C5)C6(CN)c5ncc(F)s5)cnc34)ccc2n1. The average Bonchev–Trinajstić information content (AvgIpc) is 3.44. The van der Waals surface area contributed by atoms with Crippen LogP contribution in [0.25, 0.3) is 33.3 Å². The van der Waals surface area contributed by atoms with Crippen LogP contribution in [0, 0.1) is 17.0 Å². The van der Waals surface area contributed by atoms with Crippen molar-refractivity contribution in [2.24, 2.45) is 24.6 Å². The zero-order chi connectivity index (χ0) is 23.2. The van der Waals surface area contributed by atoms with Crippen molar-refractivity contribution < 1.29 is 4.39 Å². The zero-order valence-corrected chi connectivity index (χ0v) is 19.6. The second kappa shape index (κ2) is 6.94. The van der Waals surface area contributed by atoms with Crippen LogP contribution in [-0.4, -0.2) is 54.6 Å². The fraction of sp³-hybridized carbons (Fsp3) is 0.318. The Hall–Kier alpha value is -3.15. The summed E-state index contributed by atoms with van der Waals surface area (Å²) in [5.74, 6) is 1.43. The summed E-state index contributed by atoms with van der Waals surface area (Å²) < 4.78 is 15.3. The number of hydrogen-bond acceptors (Lipinski definition) is 8. The summed E-state index contributed by atoms with van der Waals surface area (Å²) in [6.45, 7) is 2.03. The van der Waals surface area contributed by atoms with Gasteiger partial charge in [0.25, 0.3) is 0 Å². The van der Waals surface area contributed by atoms with Gasteiger partial charge in [0.15, 0.2) is 5.13 Å². The van der Waals surface area contributed by atoms with Crippen LogP contribution in [0.1, 0.15) is 5.01 Å². The van der Waals surface area contributed by atoms with Crippen LogP contribution in [0.15, 0.2) is 30.7 Å². The first-order valence-corrected chi connectivity index (χ1v) is 12.1. The lowest BCUT2D eigenvalue weighted by atomic mass is 10.0. The first kappa shape index (κ1) is 20.2. The molecule has 9 nitrogen and oxygen atoms in total. The van der Waals surface area contributed by atoms with Crippen molar-refractivity contribution in [3.8, 4) is 11.3 Å². The number of aromatic nitrogens is 7. The summed E-state index contributed by atoms with van der Waals surface area (Å²) in [4.78, 5) is 15.9. The second-order valence-corrected chi connectivity index (χ2v) is 10.4. The number of halogens is 2. The van der Waals surface area contributed by atoms with Crippen molar-refractivity contribution in [2.75, 3.05) is 24.5 Å². The average molecular weight is 496 g/mol. The molecule has 1 saturated carbocycles. The Morgan fingerprint density at radius 2 is 2.09 bits per heavy atom. The third kappa shape index (κ3) is 2.65. The Bertz CT molecular complexity index is 1580. The van der Waals surface area contributed by atoms with E-state index in [-0.39, 0.29) is 10.5 Å². The van der Waals surface area contributed by atoms with Gasteiger partial charge in [-0.05, 0) is 24.0 Å². The largest absolute Gasteiger partial charge is 0.355 e. The molecule has 0 radical (unpaired) electrons. The highest BCUT2D eigenvalue weighted by Gasteiger charge is 2.69. The number of piperidine rings is 1. The molecular weight excluding hydrogens is 477 g/mol. The predicted molar refractivity (Wildman–Crippen MR) is 128 cm³/mol. The lowest BCUT2D eigenvalue weighted by Gasteiger charge is -2.25. The highest BCUT2D eigenvalue weighted by molar-refractivity contribution is 7.10. The maximum Gasteiger partial charge on any atom is 0.202 e. The number of aromatic amines is 1. The number of nitrogens with zero attached hydrogens (tertiary/aromatic N) is 7. The number of thiazole rings is 1. The molecule has 1 aliphatic heterocycles. The van der Waals surface area contributed by atoms with Gasteiger partial charge in [0, 0.05) is 49.2 Å². The maximum atomic E-state index is 13.6. The molecule has 1 unspecified atom stereocenters. The maximum absolute atomic E-state index is 13.6. The number of anilines is 1. The Balaban J connectivity index is 1.18. The molecular formula is C22H19ClFN9S. The number of benzene rings is 1. The molecule has 5 heterocycles. The first-order chi connectivity index (χ1) is 16.5. The van der Waals surface area contributed by atoms with Gasteiger partial charge >= 0.3 is 0 Å². The molecule has 7 rings (SSSR count). The van der Waals surface area contributed by atoms with Gasteiger partial charge in [-0.25, -0.2) is 15.0 Å². The van der Waals surface area contributed by atoms with E-state index < -0.39 is 0 Å². The van der Waals surface area contributed by atoms with Crippen molar-refractivity contribution in [3.05, 3.63) is 45.9 Å². The summed E-state index contributed by atoms with van der Waals surface area (Å²) in [7, 11) is 1.86. The number of H-pyrrole nitrogens is 1. The van der Waals surface area contributed by atoms with Crippen molar-refractivity contribution in [1.82, 2.24) is 34.9 Å². The Morgan fingerprint density at radius 1 is 1.26 bits per heavy atom. The lowest BCUT2D eigenvalue weighted by Crippen LogP contribution is -2.35. The Labute approximate surface area is 201 Å². The van der Waals surface area contributed by atoms with Crippen LogP contribution < -0.4 is 10.6 Å². The van der Waals surface area contributed by atoms with Gasteiger partial charge in [0.05, 0.1) is 28.6 Å². The first-order valence-electron chi connectivity index (χ1n) is 10.9. The zero-order valence-electron chi connectivity index (χ0n) is 18.0. The monoisotopic (exact) mass is 495 g/mol. The quantitative estimate of drug-likeness (QED) is 0.393. The third-order valence-corrected chi connectivity index (χ3v) is 8.72. The normalized spacial score (nSPS) is 23.8. The highest BCUT2D eigenvalue weighted by Crippen LogP contribution is 2.63. The van der Waals surface area contributed by atoms with Crippen LogP contribution in [-0.2, 0) is 12.5 Å². The van der Waals surface area contributed by atoms with Crippen LogP contribution in [0.3, 0.4) is 0 Å². The van der Waals surface area contributed by atoms with Gasteiger partial charge in [0.2, 0.25) is 5.65 Å². The van der Waals surface area contributed by atoms with Gasteiger partial charge < -0.3 is 10.6 Å². The fourth-order valence-corrected chi connectivity index (χ4v) is 6.87. The number of nitrogens with one attached hydrogen (secondary N) is 1. The lowest BCUT2D eigenvalue weighted by molar-refractivity contribution is 0.550. The summed E-state index contributed by atoms with van der Waals surface area (Å²) in [6, 6.07) is 3.85. The van der Waals surface area contributed by atoms with Gasteiger partial charge in [-0.3, -0.25) is 9.78 Å². The van der Waals surface area contributed by atoms with Gasteiger partial charge in [-0.2, -0.15) is 14.6 Å². The molecule has 1 saturated heterocycles. The molecule has 1 aliphatic carbocycles. The minimum Gasteiger partial charge on any atom is -0.355 e. The van der Waals surface area contributed by atoms with E-state index >= 15 is 0 Å². The molecule has 2 fully saturated rings. The molecule has 4 aromatic heterocycles. The van der Waals surface area contributed by atoms with E-state index in [9.17, 15) is 4.39 Å².